The number of aromatic nitrogens is 7. The highest BCUT2D eigenvalue weighted by Gasteiger charge is 2.35. The lowest BCUT2D eigenvalue weighted by Crippen LogP contribution is -2.11. The summed E-state index contributed by atoms with van der Waals surface area (Å²) in [6, 6.07) is 182. The number of para-hydroxylation sites is 9. The van der Waals surface area contributed by atoms with Crippen LogP contribution >= 0.6 is 0 Å². The maximum atomic E-state index is 6.91. The molecule has 3 aliphatic rings. The molecule has 10 nitrogen and oxygen atoms in total. The summed E-state index contributed by atoms with van der Waals surface area (Å²) in [4.78, 5) is 25.4. The van der Waals surface area contributed by atoms with Gasteiger partial charge in [0.05, 0.1) is 83.7 Å². The van der Waals surface area contributed by atoms with Gasteiger partial charge in [-0.05, 0) is 194 Å². The molecule has 21 aromatic carbocycles. The van der Waals surface area contributed by atoms with Crippen LogP contribution in [-0.2, 0) is 0 Å². The van der Waals surface area contributed by atoms with E-state index in [9.17, 15) is 0 Å². The number of benzene rings is 21. The van der Waals surface area contributed by atoms with Crippen LogP contribution in [-0.4, -0.2) is 33.6 Å². The Morgan fingerprint density at radius 2 is 0.618 bits per heavy atom. The van der Waals surface area contributed by atoms with Crippen LogP contribution in [0.25, 0.3) is 227 Å². The molecule has 672 valence electrons. The molecule has 0 saturated carbocycles. The molecule has 6 aromatic heterocycles. The molecule has 0 fully saturated rings. The third-order valence-electron chi connectivity index (χ3n) is 28.9. The number of ether oxygens (including phenoxy) is 1. The van der Waals surface area contributed by atoms with Crippen LogP contribution < -0.4 is 14.5 Å². The van der Waals surface area contributed by atoms with Crippen molar-refractivity contribution in [1.82, 2.24) is 33.6 Å². The van der Waals surface area contributed by atoms with Gasteiger partial charge in [-0.1, -0.05) is 376 Å². The Morgan fingerprint density at radius 3 is 1.23 bits per heavy atom. The van der Waals surface area contributed by atoms with E-state index >= 15 is 0 Å². The summed E-state index contributed by atoms with van der Waals surface area (Å²) in [7, 11) is 0. The van der Waals surface area contributed by atoms with E-state index in [1.54, 1.807) is 0 Å². The lowest BCUT2D eigenvalue weighted by Gasteiger charge is -2.28. The van der Waals surface area contributed by atoms with E-state index in [1.807, 2.05) is 42.6 Å². The fraction of sp³-hybridized carbons (Fsp3) is 0. The van der Waals surface area contributed by atoms with Gasteiger partial charge in [-0.15, -0.1) is 0 Å². The Bertz CT molecular complexity index is 9850. The van der Waals surface area contributed by atoms with Gasteiger partial charge < -0.3 is 23.7 Å². The minimum Gasteiger partial charge on any atom is -0.455 e. The Hall–Kier alpha value is -19.4. The second-order valence-corrected chi connectivity index (χ2v) is 36.9. The largest absolute Gasteiger partial charge is 0.455 e. The van der Waals surface area contributed by atoms with Crippen molar-refractivity contribution in [2.24, 2.45) is 0 Å². The van der Waals surface area contributed by atoms with Gasteiger partial charge in [-0.3, -0.25) is 9.55 Å². The van der Waals surface area contributed by atoms with Crippen LogP contribution in [0.4, 0.5) is 34.1 Å². The monoisotopic (exact) mass is 1840 g/mol. The summed E-state index contributed by atoms with van der Waals surface area (Å²) in [5, 5.41) is 11.6. The van der Waals surface area contributed by atoms with Crippen molar-refractivity contribution in [3.8, 4) is 140 Å². The van der Waals surface area contributed by atoms with Crippen molar-refractivity contribution in [3.63, 3.8) is 0 Å². The zero-order chi connectivity index (χ0) is 94.8. The molecule has 9 heterocycles. The van der Waals surface area contributed by atoms with Crippen LogP contribution in [0.15, 0.2) is 516 Å². The van der Waals surface area contributed by atoms with Gasteiger partial charge in [0.2, 0.25) is 5.95 Å². The van der Waals surface area contributed by atoms with E-state index in [2.05, 4.69) is 497 Å². The van der Waals surface area contributed by atoms with Crippen molar-refractivity contribution < 1.29 is 4.74 Å². The molecule has 0 atom stereocenters. The van der Waals surface area contributed by atoms with Crippen LogP contribution in [0.2, 0.25) is 0 Å². The minimum atomic E-state index is 0.611. The molecular weight excluding hydrogens is 1750 g/mol. The van der Waals surface area contributed by atoms with E-state index in [-0.39, 0.29) is 0 Å². The Kier molecular flexibility index (Phi) is 19.7. The van der Waals surface area contributed by atoms with Crippen LogP contribution in [0.1, 0.15) is 0 Å². The van der Waals surface area contributed by atoms with E-state index in [0.717, 1.165) is 162 Å². The number of hydrogen-bond acceptors (Lipinski definition) is 7. The second kappa shape index (κ2) is 34.3. The van der Waals surface area contributed by atoms with Crippen molar-refractivity contribution >= 4 is 132 Å². The lowest BCUT2D eigenvalue weighted by atomic mass is 9.93. The number of hydrogen-bond donors (Lipinski definition) is 0. The summed E-state index contributed by atoms with van der Waals surface area (Å²) >= 11 is 0. The zero-order valence-electron chi connectivity index (χ0n) is 78.0. The van der Waals surface area contributed by atoms with E-state index in [1.165, 1.54) is 105 Å². The Morgan fingerprint density at radius 1 is 0.201 bits per heavy atom. The fourth-order valence-electron chi connectivity index (χ4n) is 22.7. The molecule has 0 saturated heterocycles. The van der Waals surface area contributed by atoms with Crippen LogP contribution in [0.3, 0.4) is 0 Å². The Balaban J connectivity index is 0.000000105. The van der Waals surface area contributed by atoms with Gasteiger partial charge in [0.15, 0.2) is 0 Å². The van der Waals surface area contributed by atoms with Crippen molar-refractivity contribution in [2.75, 3.05) is 9.80 Å². The standard InChI is InChI=1S/C48H32N2.C43H27N5.C43H26N2O/c1-3-15-33(16-4-1)35-19-13-21-37(31-35)49-44-27-11-9-24-40(44)39-23-7-8-26-42(39)47-46(49)30-29-43-41-25-10-12-28-45(41)50(48(43)47)38-22-14-20-36(32-38)34-17-5-2-6-18-34;1-2-14-28(15-3-1)47-37-23-10-7-17-30(37)29-16-4-5-19-32(29)40-39(47)26-25-33-31-18-8-11-24-38(31)48(42(33)40)43-45-35-21-9-6-20-34(35)41(46-43)36-22-12-13-27-44-36;1-2-15-30-29(14-1)33-18-7-10-23-40(33)46-43-35(30)24-25-39-41(43)36-20-6-9-22-38(36)45(39)28-13-11-12-27(26-28)42-34-19-4-3-16-31(34)32-17-5-8-21-37(32)44-42/h1-32H;1-27H;1-26H. The van der Waals surface area contributed by atoms with Gasteiger partial charge in [-0.25, -0.2) is 15.0 Å². The molecule has 0 unspecified atom stereocenters. The van der Waals surface area contributed by atoms with Crippen LogP contribution in [0, 0.1) is 0 Å². The molecule has 0 aliphatic carbocycles. The second-order valence-electron chi connectivity index (χ2n) is 36.9. The van der Waals surface area contributed by atoms with E-state index in [0.29, 0.717) is 5.95 Å². The first kappa shape index (κ1) is 82.8. The van der Waals surface area contributed by atoms with Gasteiger partial charge in [-0.2, -0.15) is 0 Å². The summed E-state index contributed by atoms with van der Waals surface area (Å²) in [5.74, 6) is 2.37. The molecule has 0 radical (unpaired) electrons. The van der Waals surface area contributed by atoms with Crippen molar-refractivity contribution in [3.05, 3.63) is 516 Å². The van der Waals surface area contributed by atoms with Gasteiger partial charge in [0.25, 0.3) is 0 Å². The minimum absolute atomic E-state index is 0.611. The summed E-state index contributed by atoms with van der Waals surface area (Å²) < 4.78 is 14.0. The predicted octanol–water partition coefficient (Wildman–Crippen LogP) is 35.7. The molecular formula is C134H85N9O. The average molecular weight is 1840 g/mol. The molecule has 0 spiro atoms. The molecule has 10 heteroatoms. The van der Waals surface area contributed by atoms with Crippen molar-refractivity contribution in [1.29, 1.82) is 0 Å². The molecule has 3 aliphatic heterocycles. The highest BCUT2D eigenvalue weighted by Crippen LogP contribution is 2.59. The number of rotatable bonds is 9. The quantitative estimate of drug-likeness (QED) is 0.133. The molecule has 0 N–H and O–H groups in total. The highest BCUT2D eigenvalue weighted by molar-refractivity contribution is 6.23. The van der Waals surface area contributed by atoms with E-state index in [4.69, 9.17) is 24.7 Å². The summed E-state index contributed by atoms with van der Waals surface area (Å²) in [6.07, 6.45) is 1.82. The lowest BCUT2D eigenvalue weighted by molar-refractivity contribution is 0.493. The third kappa shape index (κ3) is 13.6. The highest BCUT2D eigenvalue weighted by atomic mass is 16.5. The molecule has 0 amide bonds. The maximum absolute atomic E-state index is 6.91. The molecule has 30 rings (SSSR count). The number of nitrogens with zero attached hydrogens (tertiary/aromatic N) is 9. The Labute approximate surface area is 830 Å². The summed E-state index contributed by atoms with van der Waals surface area (Å²) in [5.41, 5.74) is 40.2. The van der Waals surface area contributed by atoms with E-state index < -0.39 is 0 Å². The number of pyridine rings is 2. The first-order valence-corrected chi connectivity index (χ1v) is 49.0. The molecule has 144 heavy (non-hydrogen) atoms. The average Bonchev–Trinajstić information content (AvgIpc) is 1.55. The topological polar surface area (TPSA) is 82.1 Å². The van der Waals surface area contributed by atoms with Gasteiger partial charge in [0.1, 0.15) is 17.2 Å². The maximum Gasteiger partial charge on any atom is 0.235 e. The summed E-state index contributed by atoms with van der Waals surface area (Å²) in [6.45, 7) is 0. The normalized spacial score (nSPS) is 12.1. The van der Waals surface area contributed by atoms with Gasteiger partial charge in [0, 0.05) is 111 Å². The number of anilines is 6. The first-order valence-electron chi connectivity index (χ1n) is 49.0. The SMILES string of the molecule is c1cc(-c2nc3ccccc3c3ccccc23)cc(-n2c3ccccc3c3c4c(ccc32)-c2ccccc2-c2ccccc2O4)c1.c1ccc(-c2cccc(N3c4ccccc4-c4ccccc4-c4c3ccc3c5ccccc5n(-c5cccc(-c6ccccc6)c5)c43)c2)cc1.c1ccc(N2c3ccccc3-c3ccccc3-c3c2ccc2c4ccccc4n(-c4nc(-c5ccccn5)c5ccccc5n4)c32)cc1. The third-order valence-corrected chi connectivity index (χ3v) is 28.9. The molecule has 27 aromatic rings. The fourth-order valence-corrected chi connectivity index (χ4v) is 22.7. The zero-order valence-corrected chi connectivity index (χ0v) is 78.0. The van der Waals surface area contributed by atoms with Crippen LogP contribution in [0.5, 0.6) is 11.5 Å². The van der Waals surface area contributed by atoms with Gasteiger partial charge >= 0.3 is 0 Å². The number of fused-ring (bicyclic) bond motifs is 31. The predicted molar refractivity (Wildman–Crippen MR) is 597 cm³/mol. The molecule has 0 bridgehead atoms. The van der Waals surface area contributed by atoms with Crippen molar-refractivity contribution in [2.45, 2.75) is 0 Å². The first-order chi connectivity index (χ1) is 71.5. The smallest absolute Gasteiger partial charge is 0.235 e.